The van der Waals surface area contributed by atoms with Crippen LogP contribution in [0.3, 0.4) is 0 Å². The smallest absolute Gasteiger partial charge is 0.106 e. The van der Waals surface area contributed by atoms with E-state index in [0.717, 1.165) is 32.7 Å². The predicted molar refractivity (Wildman–Crippen MR) is 76.1 cm³/mol. The van der Waals surface area contributed by atoms with E-state index in [4.69, 9.17) is 4.84 Å². The van der Waals surface area contributed by atoms with Gasteiger partial charge in [-0.1, -0.05) is 35.5 Å². The molecule has 19 heavy (non-hydrogen) atoms. The topological polar surface area (TPSA) is 28.1 Å². The molecule has 1 aromatic carbocycles. The largest absolute Gasteiger partial charge is 0.399 e. The van der Waals surface area contributed by atoms with Crippen molar-refractivity contribution in [3.05, 3.63) is 35.9 Å². The van der Waals surface area contributed by atoms with Crippen molar-refractivity contribution >= 4 is 5.71 Å². The minimum atomic E-state index is 0.236. The second-order valence-corrected chi connectivity index (χ2v) is 5.80. The third kappa shape index (κ3) is 2.38. The van der Waals surface area contributed by atoms with Gasteiger partial charge in [0.25, 0.3) is 0 Å². The molecule has 4 nitrogen and oxygen atoms in total. The lowest BCUT2D eigenvalue weighted by Crippen LogP contribution is -2.59. The lowest BCUT2D eigenvalue weighted by Gasteiger charge is -2.45. The number of nitrogens with zero attached hydrogens (tertiary/aromatic N) is 3. The molecule has 2 aliphatic rings. The molecule has 0 amide bonds. The van der Waals surface area contributed by atoms with Gasteiger partial charge in [0.05, 0.1) is 11.1 Å². The molecular weight excluding hydrogens is 238 g/mol. The van der Waals surface area contributed by atoms with E-state index in [1.165, 1.54) is 11.3 Å². The van der Waals surface area contributed by atoms with E-state index >= 15 is 0 Å². The summed E-state index contributed by atoms with van der Waals surface area (Å²) in [5.74, 6) is 0. The van der Waals surface area contributed by atoms with Crippen LogP contribution in [-0.4, -0.2) is 55.8 Å². The third-order valence-electron chi connectivity index (χ3n) is 4.11. The van der Waals surface area contributed by atoms with Crippen molar-refractivity contribution in [2.24, 2.45) is 10.6 Å². The van der Waals surface area contributed by atoms with Gasteiger partial charge in [0, 0.05) is 32.7 Å². The van der Waals surface area contributed by atoms with Gasteiger partial charge in [-0.05, 0) is 12.6 Å². The Kier molecular flexibility index (Phi) is 3.29. The molecule has 102 valence electrons. The molecule has 2 heterocycles. The highest BCUT2D eigenvalue weighted by Crippen LogP contribution is 2.37. The van der Waals surface area contributed by atoms with Gasteiger partial charge in [-0.3, -0.25) is 4.90 Å². The van der Waals surface area contributed by atoms with Crippen molar-refractivity contribution in [2.75, 3.05) is 40.3 Å². The van der Waals surface area contributed by atoms with Gasteiger partial charge >= 0.3 is 0 Å². The Labute approximate surface area is 114 Å². The van der Waals surface area contributed by atoms with Crippen molar-refractivity contribution < 1.29 is 4.84 Å². The Hall–Kier alpha value is -1.39. The first-order chi connectivity index (χ1) is 9.22. The normalized spacial score (nSPS) is 24.8. The van der Waals surface area contributed by atoms with Crippen LogP contribution in [0.5, 0.6) is 0 Å². The summed E-state index contributed by atoms with van der Waals surface area (Å²) in [5.41, 5.74) is 2.81. The number of hydrogen-bond donors (Lipinski definition) is 0. The fourth-order valence-electron chi connectivity index (χ4n) is 3.41. The van der Waals surface area contributed by atoms with Crippen LogP contribution in [0.4, 0.5) is 0 Å². The number of oxime groups is 1. The molecule has 0 aliphatic carbocycles. The Bertz CT molecular complexity index is 466. The Morgan fingerprint density at radius 3 is 2.58 bits per heavy atom. The lowest BCUT2D eigenvalue weighted by atomic mass is 9.78. The molecule has 0 saturated carbocycles. The second-order valence-electron chi connectivity index (χ2n) is 5.80. The first kappa shape index (κ1) is 12.6. The van der Waals surface area contributed by atoms with Gasteiger partial charge < -0.3 is 9.74 Å². The van der Waals surface area contributed by atoms with Crippen molar-refractivity contribution in [1.82, 2.24) is 9.80 Å². The average molecular weight is 259 g/mol. The van der Waals surface area contributed by atoms with E-state index in [1.807, 2.05) is 0 Å². The summed E-state index contributed by atoms with van der Waals surface area (Å²) in [5, 5.41) is 4.27. The first-order valence-corrected chi connectivity index (χ1v) is 6.77. The first-order valence-electron chi connectivity index (χ1n) is 6.77. The molecule has 3 rings (SSSR count). The molecular formula is C15H21N3O. The van der Waals surface area contributed by atoms with Gasteiger partial charge in [-0.2, -0.15) is 0 Å². The summed E-state index contributed by atoms with van der Waals surface area (Å²) in [6.07, 6.45) is 0. The molecule has 2 saturated heterocycles. The maximum atomic E-state index is 5.03. The zero-order chi connectivity index (χ0) is 13.3. The zero-order valence-corrected chi connectivity index (χ0v) is 11.7. The standard InChI is InChI=1S/C15H21N3O/c1-17-10-15(11-17)12-18(9-14(15)16-19-2)8-13-6-4-3-5-7-13/h3-7H,8-12H2,1-2H3/b16-14+. The second kappa shape index (κ2) is 4.94. The van der Waals surface area contributed by atoms with Crippen LogP contribution in [-0.2, 0) is 11.4 Å². The van der Waals surface area contributed by atoms with Crippen LogP contribution in [0.25, 0.3) is 0 Å². The molecule has 0 unspecified atom stereocenters. The zero-order valence-electron chi connectivity index (χ0n) is 11.7. The molecule has 2 fully saturated rings. The average Bonchev–Trinajstić information content (AvgIpc) is 2.69. The lowest BCUT2D eigenvalue weighted by molar-refractivity contribution is 0.0681. The van der Waals surface area contributed by atoms with Crippen LogP contribution in [0.15, 0.2) is 35.5 Å². The quantitative estimate of drug-likeness (QED) is 0.769. The SMILES string of the molecule is CO/N=C1\CN(Cc2ccccc2)CC12CN(C)C2. The summed E-state index contributed by atoms with van der Waals surface area (Å²) in [6, 6.07) is 10.6. The van der Waals surface area contributed by atoms with E-state index in [9.17, 15) is 0 Å². The maximum Gasteiger partial charge on any atom is 0.106 e. The molecule has 4 heteroatoms. The van der Waals surface area contributed by atoms with Crippen molar-refractivity contribution in [2.45, 2.75) is 6.54 Å². The minimum absolute atomic E-state index is 0.236. The number of likely N-dealkylation sites (tertiary alicyclic amines) is 2. The van der Waals surface area contributed by atoms with Gasteiger partial charge in [0.2, 0.25) is 0 Å². The van der Waals surface area contributed by atoms with Gasteiger partial charge in [0.1, 0.15) is 7.11 Å². The van der Waals surface area contributed by atoms with E-state index in [1.54, 1.807) is 7.11 Å². The molecule has 0 radical (unpaired) electrons. The summed E-state index contributed by atoms with van der Waals surface area (Å²) < 4.78 is 0. The number of rotatable bonds is 3. The maximum absolute atomic E-state index is 5.03. The minimum Gasteiger partial charge on any atom is -0.399 e. The van der Waals surface area contributed by atoms with E-state index < -0.39 is 0 Å². The van der Waals surface area contributed by atoms with Gasteiger partial charge in [-0.15, -0.1) is 0 Å². The van der Waals surface area contributed by atoms with Crippen molar-refractivity contribution in [1.29, 1.82) is 0 Å². The molecule has 0 N–H and O–H groups in total. The molecule has 0 bridgehead atoms. The summed E-state index contributed by atoms with van der Waals surface area (Å²) in [6.45, 7) is 5.21. The van der Waals surface area contributed by atoms with Crippen LogP contribution in [0, 0.1) is 5.41 Å². The molecule has 0 aromatic heterocycles. The highest BCUT2D eigenvalue weighted by molar-refractivity contribution is 5.95. The number of hydrogen-bond acceptors (Lipinski definition) is 4. The highest BCUT2D eigenvalue weighted by atomic mass is 16.6. The van der Waals surface area contributed by atoms with E-state index in [0.29, 0.717) is 0 Å². The van der Waals surface area contributed by atoms with Crippen LogP contribution < -0.4 is 0 Å². The monoisotopic (exact) mass is 259 g/mol. The van der Waals surface area contributed by atoms with Crippen LogP contribution in [0.1, 0.15) is 5.56 Å². The fraction of sp³-hybridized carbons (Fsp3) is 0.533. The molecule has 2 aliphatic heterocycles. The van der Waals surface area contributed by atoms with E-state index in [-0.39, 0.29) is 5.41 Å². The van der Waals surface area contributed by atoms with Crippen LogP contribution >= 0.6 is 0 Å². The Balaban J connectivity index is 1.71. The highest BCUT2D eigenvalue weighted by Gasteiger charge is 2.51. The van der Waals surface area contributed by atoms with E-state index in [2.05, 4.69) is 52.3 Å². The van der Waals surface area contributed by atoms with Crippen LogP contribution in [0.2, 0.25) is 0 Å². The Morgan fingerprint density at radius 2 is 1.95 bits per heavy atom. The molecule has 1 spiro atoms. The summed E-state index contributed by atoms with van der Waals surface area (Å²) >= 11 is 0. The molecule has 0 atom stereocenters. The molecule has 1 aromatic rings. The van der Waals surface area contributed by atoms with Gasteiger partial charge in [-0.25, -0.2) is 0 Å². The number of benzene rings is 1. The summed E-state index contributed by atoms with van der Waals surface area (Å²) in [7, 11) is 3.80. The Morgan fingerprint density at radius 1 is 1.21 bits per heavy atom. The van der Waals surface area contributed by atoms with Crippen molar-refractivity contribution in [3.63, 3.8) is 0 Å². The van der Waals surface area contributed by atoms with Gasteiger partial charge in [0.15, 0.2) is 0 Å². The van der Waals surface area contributed by atoms with Crippen molar-refractivity contribution in [3.8, 4) is 0 Å². The predicted octanol–water partition coefficient (Wildman–Crippen LogP) is 1.44. The third-order valence-corrected chi connectivity index (χ3v) is 4.11. The summed E-state index contributed by atoms with van der Waals surface area (Å²) in [4.78, 5) is 9.85. The fourth-order valence-corrected chi connectivity index (χ4v) is 3.41.